The van der Waals surface area contributed by atoms with Gasteiger partial charge in [0.25, 0.3) is 0 Å². The lowest BCUT2D eigenvalue weighted by atomic mass is 9.92. The summed E-state index contributed by atoms with van der Waals surface area (Å²) in [4.78, 5) is 14.6. The Morgan fingerprint density at radius 3 is 2.67 bits per heavy atom. The molecule has 1 N–H and O–H groups in total. The Labute approximate surface area is 126 Å². The third-order valence-corrected chi connectivity index (χ3v) is 4.86. The summed E-state index contributed by atoms with van der Waals surface area (Å²) in [5.41, 5.74) is 1.03. The smallest absolute Gasteiger partial charge is 0.226 e. The van der Waals surface area contributed by atoms with Crippen molar-refractivity contribution in [3.05, 3.63) is 29.8 Å². The van der Waals surface area contributed by atoms with E-state index in [0.717, 1.165) is 62.2 Å². The molecule has 0 unspecified atom stereocenters. The molecular weight excluding hydrogens is 264 g/mol. The summed E-state index contributed by atoms with van der Waals surface area (Å²) in [6.07, 6.45) is 2.76. The van der Waals surface area contributed by atoms with E-state index in [1.54, 1.807) is 7.11 Å². The number of hydrogen-bond acceptors (Lipinski definition) is 3. The Kier molecular flexibility index (Phi) is 4.44. The van der Waals surface area contributed by atoms with Crippen molar-refractivity contribution in [1.29, 1.82) is 0 Å². The number of likely N-dealkylation sites (tertiary alicyclic amines) is 1. The van der Waals surface area contributed by atoms with E-state index in [2.05, 4.69) is 10.2 Å². The van der Waals surface area contributed by atoms with Crippen LogP contribution in [0, 0.1) is 11.8 Å². The highest BCUT2D eigenvalue weighted by Gasteiger charge is 2.31. The summed E-state index contributed by atoms with van der Waals surface area (Å²) in [6.45, 7) is 4.07. The molecule has 4 nitrogen and oxygen atoms in total. The highest BCUT2D eigenvalue weighted by atomic mass is 16.5. The monoisotopic (exact) mass is 288 g/mol. The number of benzene rings is 1. The van der Waals surface area contributed by atoms with E-state index in [1.165, 1.54) is 0 Å². The highest BCUT2D eigenvalue weighted by molar-refractivity contribution is 5.78. The van der Waals surface area contributed by atoms with Gasteiger partial charge in [-0.2, -0.15) is 0 Å². The average molecular weight is 288 g/mol. The molecule has 1 aromatic rings. The molecule has 0 aliphatic carbocycles. The molecule has 0 saturated carbocycles. The summed E-state index contributed by atoms with van der Waals surface area (Å²) in [5, 5.41) is 3.47. The third-order valence-electron chi connectivity index (χ3n) is 4.86. The van der Waals surface area contributed by atoms with Crippen LogP contribution in [-0.2, 0) is 11.2 Å². The molecule has 1 amide bonds. The Morgan fingerprint density at radius 2 is 2.00 bits per heavy atom. The molecule has 0 spiro atoms. The lowest BCUT2D eigenvalue weighted by molar-refractivity contribution is -0.130. The van der Waals surface area contributed by atoms with Gasteiger partial charge < -0.3 is 15.0 Å². The summed E-state index contributed by atoms with van der Waals surface area (Å²) < 4.78 is 5.22. The zero-order chi connectivity index (χ0) is 14.7. The molecule has 0 radical (unpaired) electrons. The van der Waals surface area contributed by atoms with Gasteiger partial charge in [0.05, 0.1) is 13.5 Å². The summed E-state index contributed by atoms with van der Waals surface area (Å²) >= 11 is 0. The second kappa shape index (κ2) is 6.48. The molecule has 2 saturated heterocycles. The fourth-order valence-electron chi connectivity index (χ4n) is 3.54. The molecule has 2 aliphatic rings. The van der Waals surface area contributed by atoms with Crippen LogP contribution in [-0.4, -0.2) is 44.1 Å². The van der Waals surface area contributed by atoms with Crippen LogP contribution in [0.4, 0.5) is 0 Å². The van der Waals surface area contributed by atoms with Gasteiger partial charge in [0.2, 0.25) is 5.91 Å². The van der Waals surface area contributed by atoms with Crippen LogP contribution in [0.2, 0.25) is 0 Å². The Bertz CT molecular complexity index is 489. The van der Waals surface area contributed by atoms with Crippen LogP contribution in [0.3, 0.4) is 0 Å². The SMILES string of the molecule is COc1cccc(CC(=O)N2CC[C@@H]3CNC[C@@H]3CC2)c1. The number of carbonyl (C=O) groups excluding carboxylic acids is 1. The van der Waals surface area contributed by atoms with Gasteiger partial charge in [0.1, 0.15) is 5.75 Å². The van der Waals surface area contributed by atoms with Crippen molar-refractivity contribution in [2.24, 2.45) is 11.8 Å². The molecule has 21 heavy (non-hydrogen) atoms. The quantitative estimate of drug-likeness (QED) is 0.920. The molecular formula is C17H24N2O2. The van der Waals surface area contributed by atoms with E-state index in [9.17, 15) is 4.79 Å². The van der Waals surface area contributed by atoms with Crippen molar-refractivity contribution in [3.63, 3.8) is 0 Å². The lowest BCUT2D eigenvalue weighted by Crippen LogP contribution is -2.33. The minimum Gasteiger partial charge on any atom is -0.497 e. The van der Waals surface area contributed by atoms with Crippen molar-refractivity contribution in [3.8, 4) is 5.75 Å². The second-order valence-electron chi connectivity index (χ2n) is 6.16. The standard InChI is InChI=1S/C17H24N2O2/c1-21-16-4-2-3-13(9-16)10-17(20)19-7-5-14-11-18-12-15(14)6-8-19/h2-4,9,14-15,18H,5-8,10-12H2,1H3/t14-,15+. The highest BCUT2D eigenvalue weighted by Crippen LogP contribution is 2.27. The van der Waals surface area contributed by atoms with Crippen molar-refractivity contribution in [2.45, 2.75) is 19.3 Å². The van der Waals surface area contributed by atoms with E-state index in [4.69, 9.17) is 4.74 Å². The number of amides is 1. The number of nitrogens with one attached hydrogen (secondary N) is 1. The van der Waals surface area contributed by atoms with Gasteiger partial charge in [-0.3, -0.25) is 4.79 Å². The van der Waals surface area contributed by atoms with Gasteiger partial charge in [-0.1, -0.05) is 12.1 Å². The van der Waals surface area contributed by atoms with Gasteiger partial charge in [0.15, 0.2) is 0 Å². The maximum Gasteiger partial charge on any atom is 0.226 e. The summed E-state index contributed by atoms with van der Waals surface area (Å²) in [7, 11) is 1.66. The first-order chi connectivity index (χ1) is 10.3. The molecule has 114 valence electrons. The van der Waals surface area contributed by atoms with Crippen molar-refractivity contribution < 1.29 is 9.53 Å². The van der Waals surface area contributed by atoms with Crippen molar-refractivity contribution >= 4 is 5.91 Å². The predicted octanol–water partition coefficient (Wildman–Crippen LogP) is 1.70. The van der Waals surface area contributed by atoms with Crippen LogP contribution in [0.25, 0.3) is 0 Å². The number of methoxy groups -OCH3 is 1. The maximum absolute atomic E-state index is 12.5. The predicted molar refractivity (Wildman–Crippen MR) is 82.4 cm³/mol. The maximum atomic E-state index is 12.5. The average Bonchev–Trinajstić information content (AvgIpc) is 2.86. The van der Waals surface area contributed by atoms with Crippen LogP contribution < -0.4 is 10.1 Å². The molecule has 2 atom stereocenters. The van der Waals surface area contributed by atoms with Crippen LogP contribution in [0.1, 0.15) is 18.4 Å². The van der Waals surface area contributed by atoms with E-state index in [-0.39, 0.29) is 5.91 Å². The largest absolute Gasteiger partial charge is 0.497 e. The van der Waals surface area contributed by atoms with Crippen LogP contribution in [0.15, 0.2) is 24.3 Å². The van der Waals surface area contributed by atoms with Crippen molar-refractivity contribution in [2.75, 3.05) is 33.3 Å². The number of ether oxygens (including phenoxy) is 1. The van der Waals surface area contributed by atoms with E-state index in [1.807, 2.05) is 24.3 Å². The second-order valence-corrected chi connectivity index (χ2v) is 6.16. The molecule has 2 aliphatic heterocycles. The Hall–Kier alpha value is -1.55. The molecule has 1 aromatic carbocycles. The lowest BCUT2D eigenvalue weighted by Gasteiger charge is -2.21. The topological polar surface area (TPSA) is 41.6 Å². The van der Waals surface area contributed by atoms with Gasteiger partial charge in [0, 0.05) is 13.1 Å². The molecule has 0 bridgehead atoms. The zero-order valence-electron chi connectivity index (χ0n) is 12.7. The molecule has 2 heterocycles. The number of nitrogens with zero attached hydrogens (tertiary/aromatic N) is 1. The number of carbonyl (C=O) groups is 1. The van der Waals surface area contributed by atoms with Gasteiger partial charge in [-0.05, 0) is 55.5 Å². The van der Waals surface area contributed by atoms with E-state index >= 15 is 0 Å². The van der Waals surface area contributed by atoms with Crippen molar-refractivity contribution in [1.82, 2.24) is 10.2 Å². The number of fused-ring (bicyclic) bond motifs is 1. The normalized spacial score (nSPS) is 25.3. The first-order valence-electron chi connectivity index (χ1n) is 7.87. The first kappa shape index (κ1) is 14.4. The Balaban J connectivity index is 1.59. The van der Waals surface area contributed by atoms with E-state index < -0.39 is 0 Å². The fourth-order valence-corrected chi connectivity index (χ4v) is 3.54. The molecule has 0 aromatic heterocycles. The first-order valence-corrected chi connectivity index (χ1v) is 7.87. The minimum absolute atomic E-state index is 0.246. The molecule has 4 heteroatoms. The van der Waals surface area contributed by atoms with E-state index in [0.29, 0.717) is 6.42 Å². The summed E-state index contributed by atoms with van der Waals surface area (Å²) in [6, 6.07) is 7.80. The Morgan fingerprint density at radius 1 is 1.29 bits per heavy atom. The molecule has 2 fully saturated rings. The minimum atomic E-state index is 0.246. The van der Waals surface area contributed by atoms with Crippen LogP contribution in [0.5, 0.6) is 5.75 Å². The van der Waals surface area contributed by atoms with Gasteiger partial charge in [-0.15, -0.1) is 0 Å². The summed E-state index contributed by atoms with van der Waals surface area (Å²) in [5.74, 6) is 2.59. The zero-order valence-corrected chi connectivity index (χ0v) is 12.7. The number of rotatable bonds is 3. The number of hydrogen-bond donors (Lipinski definition) is 1. The van der Waals surface area contributed by atoms with Gasteiger partial charge >= 0.3 is 0 Å². The third kappa shape index (κ3) is 3.38. The van der Waals surface area contributed by atoms with Crippen LogP contribution >= 0.6 is 0 Å². The fraction of sp³-hybridized carbons (Fsp3) is 0.588. The molecule has 3 rings (SSSR count). The van der Waals surface area contributed by atoms with Gasteiger partial charge in [-0.25, -0.2) is 0 Å².